The first-order valence-electron chi connectivity index (χ1n) is 10.5. The normalized spacial score (nSPS) is 18.8. The Morgan fingerprint density at radius 1 is 1.03 bits per heavy atom. The van der Waals surface area contributed by atoms with Gasteiger partial charge in [0, 0.05) is 24.5 Å². The molecule has 2 amide bonds. The van der Waals surface area contributed by atoms with Crippen LogP contribution in [0, 0.1) is 0 Å². The summed E-state index contributed by atoms with van der Waals surface area (Å²) in [6.07, 6.45) is 1.51. The summed E-state index contributed by atoms with van der Waals surface area (Å²) in [7, 11) is 0. The second kappa shape index (κ2) is 9.32. The zero-order chi connectivity index (χ0) is 20.9. The highest BCUT2D eigenvalue weighted by Gasteiger charge is 2.31. The van der Waals surface area contributed by atoms with Crippen LogP contribution in [0.25, 0.3) is 0 Å². The van der Waals surface area contributed by atoms with Crippen molar-refractivity contribution in [2.75, 3.05) is 62.7 Å². The second-order valence-electron chi connectivity index (χ2n) is 7.78. The van der Waals surface area contributed by atoms with E-state index in [2.05, 4.69) is 10.2 Å². The van der Waals surface area contributed by atoms with Crippen LogP contribution in [0.5, 0.6) is 0 Å². The van der Waals surface area contributed by atoms with Crippen molar-refractivity contribution in [1.82, 2.24) is 4.90 Å². The minimum Gasteiger partial charge on any atom is -0.459 e. The maximum atomic E-state index is 12.7. The average Bonchev–Trinajstić information content (AvgIpc) is 3.34. The molecule has 0 aliphatic carbocycles. The molecule has 1 aromatic carbocycles. The number of furan rings is 1. The van der Waals surface area contributed by atoms with Crippen LogP contribution in [0.1, 0.15) is 17.5 Å². The van der Waals surface area contributed by atoms with E-state index in [9.17, 15) is 9.59 Å². The number of carbonyl (C=O) groups is 2. The lowest BCUT2D eigenvalue weighted by Gasteiger charge is -2.34. The van der Waals surface area contributed by atoms with Crippen molar-refractivity contribution in [3.63, 3.8) is 0 Å². The monoisotopic (exact) mass is 413 g/mol. The Balaban J connectivity index is 1.27. The summed E-state index contributed by atoms with van der Waals surface area (Å²) in [4.78, 5) is 30.4. The van der Waals surface area contributed by atoms with Gasteiger partial charge in [0.15, 0.2) is 11.8 Å². The molecule has 2 N–H and O–H groups in total. The number of nitrogens with one attached hydrogen (secondary N) is 2. The number of hydrogen-bond donors (Lipinski definition) is 2. The lowest BCUT2D eigenvalue weighted by Crippen LogP contribution is -3.19. The first-order chi connectivity index (χ1) is 14.6. The highest BCUT2D eigenvalue weighted by atomic mass is 16.5. The molecule has 0 spiro atoms. The molecular formula is C22H29N4O4+. The van der Waals surface area contributed by atoms with Crippen LogP contribution < -0.4 is 15.1 Å². The molecule has 8 nitrogen and oxygen atoms in total. The van der Waals surface area contributed by atoms with Gasteiger partial charge in [-0.2, -0.15) is 0 Å². The number of hydrogen-bond acceptors (Lipinski definition) is 5. The summed E-state index contributed by atoms with van der Waals surface area (Å²) >= 11 is 0. The van der Waals surface area contributed by atoms with Crippen LogP contribution in [-0.2, 0) is 9.53 Å². The van der Waals surface area contributed by atoms with E-state index in [1.54, 1.807) is 17.0 Å². The number of ether oxygens (including phenoxy) is 1. The van der Waals surface area contributed by atoms with Crippen molar-refractivity contribution >= 4 is 23.2 Å². The van der Waals surface area contributed by atoms with Crippen LogP contribution >= 0.6 is 0 Å². The maximum absolute atomic E-state index is 12.7. The Morgan fingerprint density at radius 2 is 1.73 bits per heavy atom. The number of carbonyl (C=O) groups excluding carboxylic acids is 2. The predicted octanol–water partition coefficient (Wildman–Crippen LogP) is 0.484. The Hall–Kier alpha value is -2.84. The molecule has 0 saturated carbocycles. The number of morpholine rings is 1. The predicted molar refractivity (Wildman–Crippen MR) is 113 cm³/mol. The summed E-state index contributed by atoms with van der Waals surface area (Å²) in [5, 5.41) is 3.03. The molecule has 2 aromatic rings. The van der Waals surface area contributed by atoms with E-state index < -0.39 is 0 Å². The molecule has 0 unspecified atom stereocenters. The number of nitrogens with zero attached hydrogens (tertiary/aromatic N) is 2. The van der Waals surface area contributed by atoms with Crippen molar-refractivity contribution < 1.29 is 23.6 Å². The van der Waals surface area contributed by atoms with Gasteiger partial charge in [-0.3, -0.25) is 9.59 Å². The fourth-order valence-electron chi connectivity index (χ4n) is 4.00. The number of anilines is 2. The molecule has 2 saturated heterocycles. The SMILES string of the molecule is C[C@@H](C(=O)Nc1ccc(N2CCOCC2)cc1)[NH+]1CCN(C(=O)c2ccco2)CC1. The number of quaternary nitrogens is 1. The number of amides is 2. The third-order valence-electron chi connectivity index (χ3n) is 5.94. The number of piperazine rings is 1. The van der Waals surface area contributed by atoms with E-state index >= 15 is 0 Å². The molecule has 160 valence electrons. The van der Waals surface area contributed by atoms with Crippen molar-refractivity contribution in [2.45, 2.75) is 13.0 Å². The minimum atomic E-state index is -0.190. The van der Waals surface area contributed by atoms with E-state index in [4.69, 9.17) is 9.15 Å². The van der Waals surface area contributed by atoms with E-state index in [-0.39, 0.29) is 17.9 Å². The van der Waals surface area contributed by atoms with Gasteiger partial charge in [0.05, 0.1) is 45.7 Å². The Morgan fingerprint density at radius 3 is 2.37 bits per heavy atom. The second-order valence-corrected chi connectivity index (χ2v) is 7.78. The lowest BCUT2D eigenvalue weighted by atomic mass is 10.2. The van der Waals surface area contributed by atoms with Gasteiger partial charge in [-0.15, -0.1) is 0 Å². The summed E-state index contributed by atoms with van der Waals surface area (Å²) in [6, 6.07) is 11.2. The summed E-state index contributed by atoms with van der Waals surface area (Å²) in [5.74, 6) is 0.274. The maximum Gasteiger partial charge on any atom is 0.289 e. The van der Waals surface area contributed by atoms with Crippen molar-refractivity contribution in [3.8, 4) is 0 Å². The fourth-order valence-corrected chi connectivity index (χ4v) is 4.00. The topological polar surface area (TPSA) is 79.5 Å². The average molecular weight is 413 g/mol. The van der Waals surface area contributed by atoms with Crippen molar-refractivity contribution in [3.05, 3.63) is 48.4 Å². The first-order valence-corrected chi connectivity index (χ1v) is 10.5. The highest BCUT2D eigenvalue weighted by molar-refractivity contribution is 5.94. The molecule has 8 heteroatoms. The molecule has 0 radical (unpaired) electrons. The molecule has 3 heterocycles. The number of benzene rings is 1. The van der Waals surface area contributed by atoms with Gasteiger partial charge in [-0.25, -0.2) is 0 Å². The van der Waals surface area contributed by atoms with Gasteiger partial charge in [-0.05, 0) is 43.3 Å². The van der Waals surface area contributed by atoms with Gasteiger partial charge < -0.3 is 29.2 Å². The first kappa shape index (κ1) is 20.4. The Labute approximate surface area is 176 Å². The highest BCUT2D eigenvalue weighted by Crippen LogP contribution is 2.19. The Bertz CT molecular complexity index is 839. The van der Waals surface area contributed by atoms with Gasteiger partial charge in [-0.1, -0.05) is 0 Å². The molecule has 2 fully saturated rings. The molecule has 1 atom stereocenters. The van der Waals surface area contributed by atoms with Crippen molar-refractivity contribution in [1.29, 1.82) is 0 Å². The largest absolute Gasteiger partial charge is 0.459 e. The third-order valence-corrected chi connectivity index (χ3v) is 5.94. The summed E-state index contributed by atoms with van der Waals surface area (Å²) in [6.45, 7) is 7.91. The zero-order valence-electron chi connectivity index (χ0n) is 17.3. The molecular weight excluding hydrogens is 384 g/mol. The van der Waals surface area contributed by atoms with E-state index in [1.807, 2.05) is 31.2 Å². The molecule has 30 heavy (non-hydrogen) atoms. The van der Waals surface area contributed by atoms with Crippen molar-refractivity contribution in [2.24, 2.45) is 0 Å². The molecule has 4 rings (SSSR count). The van der Waals surface area contributed by atoms with Gasteiger partial charge in [0.25, 0.3) is 11.8 Å². The van der Waals surface area contributed by atoms with Gasteiger partial charge in [0.2, 0.25) is 0 Å². The standard InChI is InChI=1S/C22H28N4O4/c1-17(24-8-10-26(11-9-24)22(28)20-3-2-14-30-20)21(27)23-18-4-6-19(7-5-18)25-12-15-29-16-13-25/h2-7,14,17H,8-13,15-16H2,1H3,(H,23,27)/p+1/t17-/m0/s1. The van der Waals surface area contributed by atoms with Crippen LogP contribution in [0.2, 0.25) is 0 Å². The molecule has 1 aromatic heterocycles. The van der Waals surface area contributed by atoms with Gasteiger partial charge >= 0.3 is 0 Å². The van der Waals surface area contributed by atoms with Crippen LogP contribution in [0.3, 0.4) is 0 Å². The quantitative estimate of drug-likeness (QED) is 0.746. The van der Waals surface area contributed by atoms with E-state index in [1.165, 1.54) is 11.2 Å². The van der Waals surface area contributed by atoms with Gasteiger partial charge in [0.1, 0.15) is 0 Å². The molecule has 0 bridgehead atoms. The van der Waals surface area contributed by atoms with Crippen LogP contribution in [0.4, 0.5) is 11.4 Å². The Kier molecular flexibility index (Phi) is 6.35. The minimum absolute atomic E-state index is 0.00469. The van der Waals surface area contributed by atoms with E-state index in [0.717, 1.165) is 50.8 Å². The smallest absolute Gasteiger partial charge is 0.289 e. The molecule has 2 aliphatic rings. The molecule has 2 aliphatic heterocycles. The summed E-state index contributed by atoms with van der Waals surface area (Å²) in [5.41, 5.74) is 1.95. The number of rotatable bonds is 5. The third kappa shape index (κ3) is 4.66. The van der Waals surface area contributed by atoms with Crippen LogP contribution in [-0.4, -0.2) is 75.2 Å². The fraction of sp³-hybridized carbons (Fsp3) is 0.455. The van der Waals surface area contributed by atoms with E-state index in [0.29, 0.717) is 18.8 Å². The zero-order valence-corrected chi connectivity index (χ0v) is 17.3. The lowest BCUT2D eigenvalue weighted by molar-refractivity contribution is -0.917. The van der Waals surface area contributed by atoms with Crippen LogP contribution in [0.15, 0.2) is 47.1 Å². The summed E-state index contributed by atoms with van der Waals surface area (Å²) < 4.78 is 10.6.